The van der Waals surface area contributed by atoms with E-state index in [9.17, 15) is 0 Å². The lowest BCUT2D eigenvalue weighted by atomic mass is 10.0. The van der Waals surface area contributed by atoms with E-state index in [2.05, 4.69) is 43.9 Å². The molecule has 1 unspecified atom stereocenters. The van der Waals surface area contributed by atoms with E-state index in [1.807, 2.05) is 13.8 Å². The lowest BCUT2D eigenvalue weighted by Gasteiger charge is -2.32. The van der Waals surface area contributed by atoms with Crippen LogP contribution in [0.4, 0.5) is 0 Å². The predicted molar refractivity (Wildman–Crippen MR) is 83.1 cm³/mol. The summed E-state index contributed by atoms with van der Waals surface area (Å²) >= 11 is 0. The van der Waals surface area contributed by atoms with Crippen LogP contribution in [0.1, 0.15) is 73.1 Å². The maximum absolute atomic E-state index is 4.61. The number of hydrogen-bond acceptors (Lipinski definition) is 2. The van der Waals surface area contributed by atoms with Crippen LogP contribution < -0.4 is 0 Å². The molecule has 0 bridgehead atoms. The van der Waals surface area contributed by atoms with Crippen LogP contribution in [0.3, 0.4) is 0 Å². The molecule has 0 radical (unpaired) electrons. The monoisotopic (exact) mass is 252 g/mol. The molecule has 0 fully saturated rings. The van der Waals surface area contributed by atoms with E-state index in [4.69, 9.17) is 0 Å². The molecule has 0 aromatic carbocycles. The molecule has 0 saturated carbocycles. The lowest BCUT2D eigenvalue weighted by Crippen LogP contribution is -2.31. The molecule has 106 valence electrons. The van der Waals surface area contributed by atoms with Crippen LogP contribution in [0, 0.1) is 0 Å². The third kappa shape index (κ3) is 4.83. The highest BCUT2D eigenvalue weighted by Crippen LogP contribution is 2.25. The number of aliphatic imine (C=N–C) groups is 1. The molecule has 0 N–H and O–H groups in total. The highest BCUT2D eigenvalue weighted by atomic mass is 15.2. The van der Waals surface area contributed by atoms with Crippen molar-refractivity contribution in [1.29, 1.82) is 0 Å². The number of allylic oxidation sites excluding steroid dienone is 1. The molecule has 2 heteroatoms. The Balaban J connectivity index is 0.00000137. The number of hydrogen-bond donors (Lipinski definition) is 0. The zero-order valence-electron chi connectivity index (χ0n) is 13.3. The van der Waals surface area contributed by atoms with Gasteiger partial charge in [-0.05, 0) is 37.7 Å². The van der Waals surface area contributed by atoms with Crippen LogP contribution in [0.15, 0.2) is 16.4 Å². The molecule has 0 aromatic rings. The molecule has 0 aliphatic carbocycles. The van der Waals surface area contributed by atoms with E-state index >= 15 is 0 Å². The van der Waals surface area contributed by atoms with Crippen LogP contribution >= 0.6 is 0 Å². The van der Waals surface area contributed by atoms with Gasteiger partial charge in [-0.15, -0.1) is 0 Å². The van der Waals surface area contributed by atoms with Crippen molar-refractivity contribution < 1.29 is 0 Å². The number of rotatable bonds is 6. The molecule has 0 aromatic heterocycles. The van der Waals surface area contributed by atoms with Gasteiger partial charge in [0.25, 0.3) is 0 Å². The second-order valence-corrected chi connectivity index (χ2v) is 4.59. The van der Waals surface area contributed by atoms with Gasteiger partial charge >= 0.3 is 0 Å². The van der Waals surface area contributed by atoms with Crippen molar-refractivity contribution in [2.75, 3.05) is 7.05 Å². The van der Waals surface area contributed by atoms with E-state index in [0.29, 0.717) is 6.04 Å². The van der Waals surface area contributed by atoms with Gasteiger partial charge in [0.05, 0.1) is 0 Å². The van der Waals surface area contributed by atoms with Crippen molar-refractivity contribution in [3.05, 3.63) is 11.4 Å². The predicted octanol–water partition coefficient (Wildman–Crippen LogP) is 5.01. The molecule has 0 amide bonds. The zero-order chi connectivity index (χ0) is 14.0. The van der Waals surface area contributed by atoms with Crippen LogP contribution in [-0.4, -0.2) is 24.2 Å². The summed E-state index contributed by atoms with van der Waals surface area (Å²) in [5.74, 6) is 1.24. The first kappa shape index (κ1) is 17.2. The lowest BCUT2D eigenvalue weighted by molar-refractivity contribution is 0.271. The Hall–Kier alpha value is -0.790. The summed E-state index contributed by atoms with van der Waals surface area (Å²) in [6, 6.07) is 0.650. The van der Waals surface area contributed by atoms with Crippen molar-refractivity contribution in [3.63, 3.8) is 0 Å². The fourth-order valence-electron chi connectivity index (χ4n) is 2.45. The molecule has 0 saturated heterocycles. The second kappa shape index (κ2) is 10.2. The molecule has 1 heterocycles. The molecule has 1 atom stereocenters. The summed E-state index contributed by atoms with van der Waals surface area (Å²) < 4.78 is 0. The van der Waals surface area contributed by atoms with Crippen molar-refractivity contribution in [1.82, 2.24) is 4.90 Å². The second-order valence-electron chi connectivity index (χ2n) is 4.59. The average Bonchev–Trinajstić information content (AvgIpc) is 2.46. The molecule has 1 rings (SSSR count). The molecule has 18 heavy (non-hydrogen) atoms. The van der Waals surface area contributed by atoms with Crippen LogP contribution in [0.5, 0.6) is 0 Å². The van der Waals surface area contributed by atoms with Gasteiger partial charge in [-0.1, -0.05) is 41.0 Å². The minimum absolute atomic E-state index is 0.650. The maximum Gasteiger partial charge on any atom is 0.127 e. The van der Waals surface area contributed by atoms with E-state index in [1.54, 1.807) is 0 Å². The Morgan fingerprint density at radius 1 is 1.28 bits per heavy atom. The summed E-state index contributed by atoms with van der Waals surface area (Å²) in [4.78, 5) is 7.01. The van der Waals surface area contributed by atoms with Gasteiger partial charge in [0.1, 0.15) is 5.82 Å². The minimum Gasteiger partial charge on any atom is -0.357 e. The SMILES string of the molecule is CC.CCCC(CC)N(C)C1=C(CC)CCC=N1. The van der Waals surface area contributed by atoms with Crippen molar-refractivity contribution in [2.24, 2.45) is 4.99 Å². The summed E-state index contributed by atoms with van der Waals surface area (Å²) in [5, 5.41) is 0. The van der Waals surface area contributed by atoms with Gasteiger partial charge in [-0.25, -0.2) is 4.99 Å². The Morgan fingerprint density at radius 3 is 2.44 bits per heavy atom. The highest BCUT2D eigenvalue weighted by Gasteiger charge is 2.18. The Kier molecular flexibility index (Phi) is 9.72. The fraction of sp³-hybridized carbons (Fsp3) is 0.812. The van der Waals surface area contributed by atoms with Crippen molar-refractivity contribution in [3.8, 4) is 0 Å². The van der Waals surface area contributed by atoms with Crippen LogP contribution in [0.2, 0.25) is 0 Å². The molecule has 1 aliphatic heterocycles. The third-order valence-electron chi connectivity index (χ3n) is 3.51. The van der Waals surface area contributed by atoms with Gasteiger partial charge in [0.2, 0.25) is 0 Å². The standard InChI is InChI=1S/C14H26N2.C2H6/c1-5-9-13(7-3)16(4)14-12(6-2)10-8-11-15-14;1-2/h11,13H,5-10H2,1-4H3;1-2H3. The first-order chi connectivity index (χ1) is 8.74. The topological polar surface area (TPSA) is 15.6 Å². The van der Waals surface area contributed by atoms with Gasteiger partial charge in [0, 0.05) is 19.3 Å². The van der Waals surface area contributed by atoms with E-state index < -0.39 is 0 Å². The van der Waals surface area contributed by atoms with Crippen LogP contribution in [0.25, 0.3) is 0 Å². The van der Waals surface area contributed by atoms with E-state index in [0.717, 1.165) is 12.8 Å². The molecule has 0 spiro atoms. The molecule has 2 nitrogen and oxygen atoms in total. The van der Waals surface area contributed by atoms with Gasteiger partial charge in [-0.3, -0.25) is 0 Å². The molecular weight excluding hydrogens is 220 g/mol. The van der Waals surface area contributed by atoms with Crippen molar-refractivity contribution >= 4 is 6.21 Å². The van der Waals surface area contributed by atoms with Crippen LogP contribution in [-0.2, 0) is 0 Å². The van der Waals surface area contributed by atoms with Gasteiger partial charge < -0.3 is 4.90 Å². The summed E-state index contributed by atoms with van der Waals surface area (Å²) in [5.41, 5.74) is 1.53. The Bertz CT molecular complexity index is 266. The zero-order valence-corrected chi connectivity index (χ0v) is 13.3. The van der Waals surface area contributed by atoms with Crippen molar-refractivity contribution in [2.45, 2.75) is 79.2 Å². The largest absolute Gasteiger partial charge is 0.357 e. The Labute approximate surface area is 114 Å². The Morgan fingerprint density at radius 2 is 1.94 bits per heavy atom. The highest BCUT2D eigenvalue weighted by molar-refractivity contribution is 5.61. The number of nitrogens with zero attached hydrogens (tertiary/aromatic N) is 2. The average molecular weight is 252 g/mol. The summed E-state index contributed by atoms with van der Waals surface area (Å²) in [6.07, 6.45) is 9.25. The maximum atomic E-state index is 4.61. The van der Waals surface area contributed by atoms with Gasteiger partial charge in [-0.2, -0.15) is 0 Å². The normalized spacial score (nSPS) is 16.1. The summed E-state index contributed by atoms with van der Waals surface area (Å²) in [6.45, 7) is 10.8. The molecule has 1 aliphatic rings. The quantitative estimate of drug-likeness (QED) is 0.649. The fourth-order valence-corrected chi connectivity index (χ4v) is 2.45. The smallest absolute Gasteiger partial charge is 0.127 e. The molecular formula is C16H32N2. The van der Waals surface area contributed by atoms with E-state index in [-0.39, 0.29) is 0 Å². The minimum atomic E-state index is 0.650. The first-order valence-corrected chi connectivity index (χ1v) is 7.71. The first-order valence-electron chi connectivity index (χ1n) is 7.71. The third-order valence-corrected chi connectivity index (χ3v) is 3.51. The van der Waals surface area contributed by atoms with E-state index in [1.165, 1.54) is 37.1 Å². The summed E-state index contributed by atoms with van der Waals surface area (Å²) in [7, 11) is 2.21. The van der Waals surface area contributed by atoms with Gasteiger partial charge in [0.15, 0.2) is 0 Å².